The third-order valence-electron chi connectivity index (χ3n) is 6.55. The van der Waals surface area contributed by atoms with E-state index in [4.69, 9.17) is 0 Å². The van der Waals surface area contributed by atoms with Crippen molar-refractivity contribution in [2.45, 2.75) is 44.2 Å². The van der Waals surface area contributed by atoms with Gasteiger partial charge in [0.2, 0.25) is 5.95 Å². The van der Waals surface area contributed by atoms with Gasteiger partial charge in [-0.05, 0) is 35.4 Å². The summed E-state index contributed by atoms with van der Waals surface area (Å²) in [5, 5.41) is 20.5. The van der Waals surface area contributed by atoms with Crippen LogP contribution in [0.1, 0.15) is 41.8 Å². The van der Waals surface area contributed by atoms with Gasteiger partial charge in [0.25, 0.3) is 0 Å². The van der Waals surface area contributed by atoms with Crippen molar-refractivity contribution in [3.8, 4) is 0 Å². The van der Waals surface area contributed by atoms with E-state index >= 15 is 0 Å². The van der Waals surface area contributed by atoms with Crippen LogP contribution in [0.25, 0.3) is 0 Å². The van der Waals surface area contributed by atoms with E-state index in [9.17, 15) is 5.11 Å². The number of hydrogen-bond donors (Lipinski definition) is 1. The minimum atomic E-state index is -0.988. The van der Waals surface area contributed by atoms with Crippen LogP contribution >= 0.6 is 0 Å². The number of aliphatic hydroxyl groups is 1. The molecule has 1 fully saturated rings. The molecular formula is C24H28N4O. The molecule has 0 aliphatic heterocycles. The summed E-state index contributed by atoms with van der Waals surface area (Å²) in [6.07, 6.45) is 5.09. The lowest BCUT2D eigenvalue weighted by molar-refractivity contribution is 0.0357. The van der Waals surface area contributed by atoms with E-state index in [0.717, 1.165) is 25.0 Å². The monoisotopic (exact) mass is 388 g/mol. The molecule has 0 amide bonds. The van der Waals surface area contributed by atoms with Crippen molar-refractivity contribution < 1.29 is 5.11 Å². The molecule has 5 rings (SSSR count). The van der Waals surface area contributed by atoms with Crippen molar-refractivity contribution in [2.75, 3.05) is 11.4 Å². The molecule has 5 nitrogen and oxygen atoms in total. The van der Waals surface area contributed by atoms with Crippen LogP contribution in [0.3, 0.4) is 0 Å². The van der Waals surface area contributed by atoms with Gasteiger partial charge in [0.05, 0.1) is 0 Å². The molecule has 5 heteroatoms. The van der Waals surface area contributed by atoms with E-state index in [2.05, 4.69) is 51.5 Å². The zero-order chi connectivity index (χ0) is 19.8. The molecular weight excluding hydrogens is 360 g/mol. The fourth-order valence-electron chi connectivity index (χ4n) is 4.76. The molecule has 0 bridgehead atoms. The van der Waals surface area contributed by atoms with Crippen LogP contribution in [-0.2, 0) is 32.0 Å². The summed E-state index contributed by atoms with van der Waals surface area (Å²) in [4.78, 5) is 2.33. The minimum Gasteiger partial charge on any atom is -0.381 e. The number of nitrogens with zero attached hydrogens (tertiary/aromatic N) is 4. The van der Waals surface area contributed by atoms with Gasteiger partial charge in [-0.15, -0.1) is 10.2 Å². The molecule has 3 aromatic rings. The van der Waals surface area contributed by atoms with Gasteiger partial charge in [-0.25, -0.2) is 0 Å². The molecule has 29 heavy (non-hydrogen) atoms. The van der Waals surface area contributed by atoms with Gasteiger partial charge in [-0.2, -0.15) is 0 Å². The Bertz CT molecular complexity index is 968. The first kappa shape index (κ1) is 18.4. The van der Waals surface area contributed by atoms with Crippen molar-refractivity contribution in [1.29, 1.82) is 0 Å². The SMILES string of the molecule is Cn1c(N(Cc2ccccc2)CC2CCC2)nnc1C1(O)Cc2ccccc2C1. The van der Waals surface area contributed by atoms with Crippen LogP contribution < -0.4 is 4.90 Å². The first-order chi connectivity index (χ1) is 14.1. The molecule has 0 unspecified atom stereocenters. The molecule has 0 saturated heterocycles. The molecule has 2 aromatic carbocycles. The van der Waals surface area contributed by atoms with Crippen LogP contribution in [0.15, 0.2) is 54.6 Å². The Labute approximate surface area is 172 Å². The lowest BCUT2D eigenvalue weighted by atomic mass is 9.85. The Morgan fingerprint density at radius 3 is 2.28 bits per heavy atom. The maximum absolute atomic E-state index is 11.4. The summed E-state index contributed by atoms with van der Waals surface area (Å²) in [7, 11) is 1.99. The third kappa shape index (κ3) is 3.44. The van der Waals surface area contributed by atoms with Crippen molar-refractivity contribution >= 4 is 5.95 Å². The van der Waals surface area contributed by atoms with Crippen LogP contribution in [-0.4, -0.2) is 26.4 Å². The lowest BCUT2D eigenvalue weighted by Crippen LogP contribution is -2.35. The normalized spacial score (nSPS) is 17.7. The second kappa shape index (κ2) is 7.30. The molecule has 0 spiro atoms. The fraction of sp³-hybridized carbons (Fsp3) is 0.417. The number of benzene rings is 2. The van der Waals surface area contributed by atoms with Crippen LogP contribution in [0, 0.1) is 5.92 Å². The molecule has 1 heterocycles. The van der Waals surface area contributed by atoms with Gasteiger partial charge in [0, 0.05) is 33.0 Å². The summed E-state index contributed by atoms with van der Waals surface area (Å²) in [5.41, 5.74) is 2.69. The predicted molar refractivity (Wildman–Crippen MR) is 114 cm³/mol. The van der Waals surface area contributed by atoms with Crippen molar-refractivity contribution in [3.63, 3.8) is 0 Å². The Balaban J connectivity index is 1.44. The van der Waals surface area contributed by atoms with Gasteiger partial charge in [-0.3, -0.25) is 4.57 Å². The maximum atomic E-state index is 11.4. The van der Waals surface area contributed by atoms with E-state index in [1.807, 2.05) is 29.8 Å². The number of hydrogen-bond acceptors (Lipinski definition) is 4. The predicted octanol–water partition coefficient (Wildman–Crippen LogP) is 3.61. The first-order valence-electron chi connectivity index (χ1n) is 10.6. The largest absolute Gasteiger partial charge is 0.381 e. The molecule has 2 aliphatic rings. The zero-order valence-electron chi connectivity index (χ0n) is 17.0. The van der Waals surface area contributed by atoms with E-state index in [1.54, 1.807) is 0 Å². The number of rotatable bonds is 6. The van der Waals surface area contributed by atoms with E-state index < -0.39 is 5.60 Å². The van der Waals surface area contributed by atoms with Gasteiger partial charge in [0.1, 0.15) is 5.60 Å². The molecule has 1 saturated carbocycles. The maximum Gasteiger partial charge on any atom is 0.227 e. The highest BCUT2D eigenvalue weighted by molar-refractivity contribution is 5.40. The molecule has 2 aliphatic carbocycles. The highest BCUT2D eigenvalue weighted by Gasteiger charge is 2.41. The second-order valence-corrected chi connectivity index (χ2v) is 8.70. The topological polar surface area (TPSA) is 54.2 Å². The Kier molecular flexibility index (Phi) is 4.63. The highest BCUT2D eigenvalue weighted by atomic mass is 16.3. The molecule has 1 N–H and O–H groups in total. The average Bonchev–Trinajstić information content (AvgIpc) is 3.24. The van der Waals surface area contributed by atoms with Crippen molar-refractivity contribution in [1.82, 2.24) is 14.8 Å². The first-order valence-corrected chi connectivity index (χ1v) is 10.6. The van der Waals surface area contributed by atoms with E-state index in [0.29, 0.717) is 18.7 Å². The summed E-state index contributed by atoms with van der Waals surface area (Å²) < 4.78 is 2.01. The number of aromatic nitrogens is 3. The van der Waals surface area contributed by atoms with Crippen LogP contribution in [0.4, 0.5) is 5.95 Å². The van der Waals surface area contributed by atoms with Gasteiger partial charge >= 0.3 is 0 Å². The Morgan fingerprint density at radius 2 is 1.66 bits per heavy atom. The second-order valence-electron chi connectivity index (χ2n) is 8.70. The van der Waals surface area contributed by atoms with Crippen LogP contribution in [0.5, 0.6) is 0 Å². The lowest BCUT2D eigenvalue weighted by Gasteiger charge is -2.33. The Hall–Kier alpha value is -2.66. The molecule has 150 valence electrons. The van der Waals surface area contributed by atoms with Crippen LogP contribution in [0.2, 0.25) is 0 Å². The summed E-state index contributed by atoms with van der Waals surface area (Å²) in [5.74, 6) is 2.23. The summed E-state index contributed by atoms with van der Waals surface area (Å²) in [6, 6.07) is 18.8. The van der Waals surface area contributed by atoms with Gasteiger partial charge in [-0.1, -0.05) is 61.0 Å². The molecule has 0 radical (unpaired) electrons. The van der Waals surface area contributed by atoms with Gasteiger partial charge < -0.3 is 10.0 Å². The van der Waals surface area contributed by atoms with E-state index in [-0.39, 0.29) is 0 Å². The standard InChI is InChI=1S/C24H28N4O/c1-27-22(24(29)14-20-12-5-6-13-21(20)15-24)25-26-23(27)28(17-19-10-7-11-19)16-18-8-3-2-4-9-18/h2-6,8-9,12-13,19,29H,7,10-11,14-17H2,1H3. The fourth-order valence-corrected chi connectivity index (χ4v) is 4.76. The zero-order valence-corrected chi connectivity index (χ0v) is 17.0. The third-order valence-corrected chi connectivity index (χ3v) is 6.55. The Morgan fingerprint density at radius 1 is 1.00 bits per heavy atom. The average molecular weight is 389 g/mol. The highest BCUT2D eigenvalue weighted by Crippen LogP contribution is 2.38. The smallest absolute Gasteiger partial charge is 0.227 e. The molecule has 1 aromatic heterocycles. The quantitative estimate of drug-likeness (QED) is 0.701. The summed E-state index contributed by atoms with van der Waals surface area (Å²) in [6.45, 7) is 1.79. The minimum absolute atomic E-state index is 0.594. The molecule has 0 atom stereocenters. The number of anilines is 1. The summed E-state index contributed by atoms with van der Waals surface area (Å²) >= 11 is 0. The van der Waals surface area contributed by atoms with Gasteiger partial charge in [0.15, 0.2) is 5.82 Å². The van der Waals surface area contributed by atoms with Crippen molar-refractivity contribution in [2.24, 2.45) is 13.0 Å². The van der Waals surface area contributed by atoms with E-state index in [1.165, 1.54) is 36.0 Å². The number of fused-ring (bicyclic) bond motifs is 1. The van der Waals surface area contributed by atoms with Crippen molar-refractivity contribution in [3.05, 3.63) is 77.1 Å².